The van der Waals surface area contributed by atoms with Gasteiger partial charge in [-0.15, -0.1) is 11.3 Å². The van der Waals surface area contributed by atoms with E-state index >= 15 is 0 Å². The van der Waals surface area contributed by atoms with Crippen LogP contribution in [-0.4, -0.2) is 20.7 Å². The van der Waals surface area contributed by atoms with E-state index in [9.17, 15) is 4.79 Å². The van der Waals surface area contributed by atoms with Gasteiger partial charge in [-0.25, -0.2) is 4.98 Å². The van der Waals surface area contributed by atoms with Gasteiger partial charge in [0.05, 0.1) is 16.6 Å². The van der Waals surface area contributed by atoms with Gasteiger partial charge in [0.2, 0.25) is 0 Å². The lowest BCUT2D eigenvalue weighted by Gasteiger charge is -1.87. The van der Waals surface area contributed by atoms with Crippen molar-refractivity contribution in [3.8, 4) is 10.7 Å². The highest BCUT2D eigenvalue weighted by Gasteiger charge is 2.06. The van der Waals surface area contributed by atoms with Gasteiger partial charge in [-0.1, -0.05) is 0 Å². The number of Topliss-reactive ketones (excluding diaryl/α,β-unsaturated/α-hetero) is 1. The highest BCUT2D eigenvalue weighted by molar-refractivity contribution is 7.13. The minimum Gasteiger partial charge on any atom is -0.335 e. The van der Waals surface area contributed by atoms with E-state index < -0.39 is 0 Å². The fourth-order valence-corrected chi connectivity index (χ4v) is 1.53. The summed E-state index contributed by atoms with van der Waals surface area (Å²) in [7, 11) is 0. The number of imidazole rings is 1. The summed E-state index contributed by atoms with van der Waals surface area (Å²) in [4.78, 5) is 22.8. The largest absolute Gasteiger partial charge is 0.335 e. The molecule has 0 saturated heterocycles. The Morgan fingerprint density at radius 2 is 2.38 bits per heavy atom. The number of nitrogens with one attached hydrogen (secondary N) is 1. The lowest BCUT2D eigenvalue weighted by atomic mass is 10.3. The molecule has 2 heterocycles. The maximum Gasteiger partial charge on any atom is 0.177 e. The van der Waals surface area contributed by atoms with Crippen molar-refractivity contribution in [1.29, 1.82) is 0 Å². The zero-order chi connectivity index (χ0) is 9.26. The Morgan fingerprint density at radius 3 is 2.92 bits per heavy atom. The third kappa shape index (κ3) is 1.50. The van der Waals surface area contributed by atoms with Crippen molar-refractivity contribution >= 4 is 17.1 Å². The number of hydrogen-bond acceptors (Lipinski definition) is 4. The summed E-state index contributed by atoms with van der Waals surface area (Å²) in [6.45, 7) is 1.50. The molecule has 0 unspecified atom stereocenters. The second kappa shape index (κ2) is 3.10. The Hall–Kier alpha value is -1.49. The number of H-pyrrole nitrogens is 1. The van der Waals surface area contributed by atoms with Gasteiger partial charge in [0.15, 0.2) is 5.78 Å². The molecule has 2 aromatic heterocycles. The monoisotopic (exact) mass is 193 g/mol. The van der Waals surface area contributed by atoms with E-state index in [1.807, 2.05) is 0 Å². The molecule has 0 saturated carbocycles. The van der Waals surface area contributed by atoms with Crippen LogP contribution in [-0.2, 0) is 0 Å². The van der Waals surface area contributed by atoms with Crippen LogP contribution in [0.4, 0.5) is 0 Å². The van der Waals surface area contributed by atoms with Crippen molar-refractivity contribution in [2.24, 2.45) is 0 Å². The van der Waals surface area contributed by atoms with Crippen LogP contribution in [0.2, 0.25) is 0 Å². The van der Waals surface area contributed by atoms with Gasteiger partial charge < -0.3 is 4.98 Å². The number of hydrogen-bond donors (Lipinski definition) is 1. The second-order valence-electron chi connectivity index (χ2n) is 2.57. The Bertz CT molecular complexity index is 418. The lowest BCUT2D eigenvalue weighted by Crippen LogP contribution is -1.90. The molecule has 2 aromatic rings. The third-order valence-corrected chi connectivity index (χ3v) is 2.40. The second-order valence-corrected chi connectivity index (χ2v) is 3.45. The average Bonchev–Trinajstić information content (AvgIpc) is 2.75. The number of aromatic amines is 1. The van der Waals surface area contributed by atoms with Gasteiger partial charge >= 0.3 is 0 Å². The smallest absolute Gasteiger partial charge is 0.177 e. The van der Waals surface area contributed by atoms with Gasteiger partial charge in [0.25, 0.3) is 0 Å². The zero-order valence-corrected chi connectivity index (χ0v) is 7.76. The molecule has 0 bridgehead atoms. The van der Waals surface area contributed by atoms with Crippen molar-refractivity contribution < 1.29 is 4.79 Å². The van der Waals surface area contributed by atoms with Crippen molar-refractivity contribution in [2.45, 2.75) is 6.92 Å². The summed E-state index contributed by atoms with van der Waals surface area (Å²) < 4.78 is 0. The molecule has 66 valence electrons. The first-order chi connectivity index (χ1) is 6.27. The summed E-state index contributed by atoms with van der Waals surface area (Å²) in [5.74, 6) is 0.691. The highest BCUT2D eigenvalue weighted by Crippen LogP contribution is 2.19. The van der Waals surface area contributed by atoms with E-state index in [1.54, 1.807) is 11.7 Å². The maximum atomic E-state index is 10.9. The van der Waals surface area contributed by atoms with Crippen LogP contribution in [0.3, 0.4) is 0 Å². The van der Waals surface area contributed by atoms with Crippen LogP contribution in [0, 0.1) is 0 Å². The fraction of sp³-hybridized carbons (Fsp3) is 0.125. The molecule has 0 radical (unpaired) electrons. The number of aromatic nitrogens is 3. The average molecular weight is 193 g/mol. The quantitative estimate of drug-likeness (QED) is 0.739. The number of carbonyl (C=O) groups is 1. The number of rotatable bonds is 2. The molecule has 0 amide bonds. The van der Waals surface area contributed by atoms with Crippen LogP contribution < -0.4 is 0 Å². The highest BCUT2D eigenvalue weighted by atomic mass is 32.1. The van der Waals surface area contributed by atoms with E-state index in [1.165, 1.54) is 24.5 Å². The SMILES string of the molecule is CC(=O)c1cnc(-c2cncs2)[nH]1. The van der Waals surface area contributed by atoms with Gasteiger partial charge in [0.1, 0.15) is 11.5 Å². The Balaban J connectivity index is 2.39. The lowest BCUT2D eigenvalue weighted by molar-refractivity contribution is 0.101. The minimum atomic E-state index is -0.0109. The molecule has 0 aliphatic heterocycles. The predicted molar refractivity (Wildman–Crippen MR) is 49.7 cm³/mol. The first kappa shape index (κ1) is 8.12. The molecule has 0 aromatic carbocycles. The van der Waals surface area contributed by atoms with E-state index in [0.717, 1.165) is 4.88 Å². The number of ketones is 1. The van der Waals surface area contributed by atoms with Crippen molar-refractivity contribution in [3.63, 3.8) is 0 Å². The Morgan fingerprint density at radius 1 is 1.54 bits per heavy atom. The molecule has 1 N–H and O–H groups in total. The molecular weight excluding hydrogens is 186 g/mol. The minimum absolute atomic E-state index is 0.0109. The number of carbonyl (C=O) groups excluding carboxylic acids is 1. The molecule has 4 nitrogen and oxygen atoms in total. The van der Waals surface area contributed by atoms with Crippen LogP contribution in [0.1, 0.15) is 17.4 Å². The van der Waals surface area contributed by atoms with Crippen LogP contribution in [0.5, 0.6) is 0 Å². The molecular formula is C8H7N3OS. The van der Waals surface area contributed by atoms with Crippen LogP contribution in [0.15, 0.2) is 17.9 Å². The van der Waals surface area contributed by atoms with Gasteiger partial charge in [-0.3, -0.25) is 9.78 Å². The Kier molecular flexibility index (Phi) is 1.94. The van der Waals surface area contributed by atoms with Crippen LogP contribution >= 0.6 is 11.3 Å². The topological polar surface area (TPSA) is 58.6 Å². The molecule has 0 atom stereocenters. The Labute approximate surface area is 78.7 Å². The van der Waals surface area contributed by atoms with E-state index in [0.29, 0.717) is 11.5 Å². The summed E-state index contributed by atoms with van der Waals surface area (Å²) >= 11 is 1.48. The number of nitrogens with zero attached hydrogens (tertiary/aromatic N) is 2. The van der Waals surface area contributed by atoms with Gasteiger partial charge in [-0.2, -0.15) is 0 Å². The van der Waals surface area contributed by atoms with Crippen molar-refractivity contribution in [2.75, 3.05) is 0 Å². The zero-order valence-electron chi connectivity index (χ0n) is 6.94. The van der Waals surface area contributed by atoms with Gasteiger partial charge in [0, 0.05) is 13.1 Å². The third-order valence-electron chi connectivity index (χ3n) is 1.62. The molecule has 5 heteroatoms. The first-order valence-corrected chi connectivity index (χ1v) is 4.60. The van der Waals surface area contributed by atoms with E-state index in [2.05, 4.69) is 15.0 Å². The fourth-order valence-electron chi connectivity index (χ4n) is 0.958. The van der Waals surface area contributed by atoms with Crippen molar-refractivity contribution in [3.05, 3.63) is 23.6 Å². The summed E-state index contributed by atoms with van der Waals surface area (Å²) in [5.41, 5.74) is 2.26. The first-order valence-electron chi connectivity index (χ1n) is 3.72. The predicted octanol–water partition coefficient (Wildman–Crippen LogP) is 1.74. The summed E-state index contributed by atoms with van der Waals surface area (Å²) in [5, 5.41) is 0. The normalized spacial score (nSPS) is 10.2. The number of thiazole rings is 1. The van der Waals surface area contributed by atoms with Crippen LogP contribution in [0.25, 0.3) is 10.7 Å². The molecule has 0 spiro atoms. The molecule has 0 fully saturated rings. The molecule has 0 aliphatic carbocycles. The van der Waals surface area contributed by atoms with Crippen molar-refractivity contribution in [1.82, 2.24) is 15.0 Å². The summed E-state index contributed by atoms with van der Waals surface area (Å²) in [6, 6.07) is 0. The standard InChI is InChI=1S/C8H7N3OS/c1-5(12)6-2-10-8(11-6)7-3-9-4-13-7/h2-4H,1H3,(H,10,11). The molecule has 0 aliphatic rings. The maximum absolute atomic E-state index is 10.9. The summed E-state index contributed by atoms with van der Waals surface area (Å²) in [6.07, 6.45) is 3.25. The van der Waals surface area contributed by atoms with E-state index in [-0.39, 0.29) is 5.78 Å². The van der Waals surface area contributed by atoms with E-state index in [4.69, 9.17) is 0 Å². The molecule has 13 heavy (non-hydrogen) atoms. The molecule has 2 rings (SSSR count). The van der Waals surface area contributed by atoms with Gasteiger partial charge in [-0.05, 0) is 0 Å².